The van der Waals surface area contributed by atoms with Crippen LogP contribution in [-0.4, -0.2) is 25.9 Å². The summed E-state index contributed by atoms with van der Waals surface area (Å²) in [5.41, 5.74) is 3.68. The van der Waals surface area contributed by atoms with E-state index in [4.69, 9.17) is 0 Å². The number of carbonyl (C=O) groups excluding carboxylic acids is 1. The van der Waals surface area contributed by atoms with Crippen molar-refractivity contribution in [2.24, 2.45) is 0 Å². The molecule has 1 amide bonds. The Morgan fingerprint density at radius 1 is 1.04 bits per heavy atom. The lowest BCUT2D eigenvalue weighted by Crippen LogP contribution is -2.13. The number of aryl methyl sites for hydroxylation is 1. The van der Waals surface area contributed by atoms with E-state index in [9.17, 15) is 4.79 Å². The standard InChI is InChI=1S/C19H15N5O/c1-13-9-10-16(15-8-5-11-20-18(13)15)22-19(25)17-12-21-24(23-17)14-6-3-2-4-7-14/h2-12H,1H3,(H,22,25). The van der Waals surface area contributed by atoms with E-state index in [2.05, 4.69) is 20.5 Å². The molecule has 0 aliphatic carbocycles. The van der Waals surface area contributed by atoms with Gasteiger partial charge >= 0.3 is 0 Å². The van der Waals surface area contributed by atoms with Crippen LogP contribution in [0.5, 0.6) is 0 Å². The number of hydrogen-bond acceptors (Lipinski definition) is 4. The number of pyridine rings is 1. The zero-order valence-corrected chi connectivity index (χ0v) is 13.5. The van der Waals surface area contributed by atoms with Gasteiger partial charge < -0.3 is 5.32 Å². The van der Waals surface area contributed by atoms with Crippen LogP contribution in [0.4, 0.5) is 5.69 Å². The van der Waals surface area contributed by atoms with Crippen LogP contribution in [0.3, 0.4) is 0 Å². The smallest absolute Gasteiger partial charge is 0.277 e. The number of para-hydroxylation sites is 1. The second-order valence-electron chi connectivity index (χ2n) is 5.64. The average Bonchev–Trinajstić information content (AvgIpc) is 3.15. The van der Waals surface area contributed by atoms with Crippen LogP contribution in [0.2, 0.25) is 0 Å². The molecule has 6 heteroatoms. The van der Waals surface area contributed by atoms with Gasteiger partial charge in [0.25, 0.3) is 5.91 Å². The van der Waals surface area contributed by atoms with Gasteiger partial charge in [0, 0.05) is 11.6 Å². The Morgan fingerprint density at radius 3 is 2.72 bits per heavy atom. The Labute approximate surface area is 144 Å². The van der Waals surface area contributed by atoms with E-state index in [1.54, 1.807) is 6.20 Å². The molecular weight excluding hydrogens is 314 g/mol. The van der Waals surface area contributed by atoms with Crippen LogP contribution < -0.4 is 5.32 Å². The second-order valence-corrected chi connectivity index (χ2v) is 5.64. The molecule has 0 unspecified atom stereocenters. The fourth-order valence-corrected chi connectivity index (χ4v) is 2.66. The minimum atomic E-state index is -0.309. The fourth-order valence-electron chi connectivity index (χ4n) is 2.66. The summed E-state index contributed by atoms with van der Waals surface area (Å²) in [7, 11) is 0. The van der Waals surface area contributed by atoms with E-state index >= 15 is 0 Å². The van der Waals surface area contributed by atoms with Crippen molar-refractivity contribution in [3.8, 4) is 5.69 Å². The minimum absolute atomic E-state index is 0.251. The van der Waals surface area contributed by atoms with Crippen LogP contribution in [0.15, 0.2) is 67.0 Å². The van der Waals surface area contributed by atoms with E-state index in [1.807, 2.05) is 61.5 Å². The molecule has 4 rings (SSSR count). The zero-order chi connectivity index (χ0) is 17.2. The van der Waals surface area contributed by atoms with Gasteiger partial charge in [0.2, 0.25) is 0 Å². The van der Waals surface area contributed by atoms with Crippen molar-refractivity contribution >= 4 is 22.5 Å². The van der Waals surface area contributed by atoms with Gasteiger partial charge in [0.1, 0.15) is 0 Å². The molecule has 25 heavy (non-hydrogen) atoms. The van der Waals surface area contributed by atoms with Crippen molar-refractivity contribution in [3.05, 3.63) is 78.2 Å². The summed E-state index contributed by atoms with van der Waals surface area (Å²) in [4.78, 5) is 18.4. The molecule has 2 heterocycles. The Kier molecular flexibility index (Phi) is 3.70. The molecule has 2 aromatic heterocycles. The average molecular weight is 329 g/mol. The van der Waals surface area contributed by atoms with E-state index in [0.717, 1.165) is 22.2 Å². The number of aromatic nitrogens is 4. The number of fused-ring (bicyclic) bond motifs is 1. The number of amides is 1. The maximum atomic E-state index is 12.5. The molecule has 6 nitrogen and oxygen atoms in total. The summed E-state index contributed by atoms with van der Waals surface area (Å²) in [6, 6.07) is 17.0. The molecule has 0 saturated carbocycles. The second kappa shape index (κ2) is 6.16. The number of anilines is 1. The lowest BCUT2D eigenvalue weighted by Gasteiger charge is -2.08. The van der Waals surface area contributed by atoms with Gasteiger partial charge in [-0.05, 0) is 42.8 Å². The Balaban J connectivity index is 1.63. The maximum Gasteiger partial charge on any atom is 0.277 e. The van der Waals surface area contributed by atoms with Crippen molar-refractivity contribution in [1.82, 2.24) is 20.0 Å². The lowest BCUT2D eigenvalue weighted by molar-refractivity contribution is 0.102. The number of benzene rings is 2. The van der Waals surface area contributed by atoms with Crippen LogP contribution in [0.25, 0.3) is 16.6 Å². The zero-order valence-electron chi connectivity index (χ0n) is 13.5. The van der Waals surface area contributed by atoms with Gasteiger partial charge in [-0.25, -0.2) is 0 Å². The number of nitrogens with one attached hydrogen (secondary N) is 1. The third kappa shape index (κ3) is 2.85. The van der Waals surface area contributed by atoms with Gasteiger partial charge in [-0.1, -0.05) is 24.3 Å². The fraction of sp³-hybridized carbons (Fsp3) is 0.0526. The van der Waals surface area contributed by atoms with E-state index in [1.165, 1.54) is 11.0 Å². The molecular formula is C19H15N5O. The van der Waals surface area contributed by atoms with Crippen LogP contribution in [0, 0.1) is 6.92 Å². The summed E-state index contributed by atoms with van der Waals surface area (Å²) in [5, 5.41) is 12.2. The maximum absolute atomic E-state index is 12.5. The highest BCUT2D eigenvalue weighted by Crippen LogP contribution is 2.24. The largest absolute Gasteiger partial charge is 0.320 e. The predicted octanol–water partition coefficient (Wildman–Crippen LogP) is 3.38. The van der Waals surface area contributed by atoms with Gasteiger partial charge in [-0.3, -0.25) is 9.78 Å². The molecule has 0 bridgehead atoms. The first-order valence-electron chi connectivity index (χ1n) is 7.86. The number of rotatable bonds is 3. The molecule has 0 atom stereocenters. The highest BCUT2D eigenvalue weighted by atomic mass is 16.2. The highest BCUT2D eigenvalue weighted by molar-refractivity contribution is 6.07. The molecule has 4 aromatic rings. The van der Waals surface area contributed by atoms with Crippen molar-refractivity contribution in [2.45, 2.75) is 6.92 Å². The minimum Gasteiger partial charge on any atom is -0.320 e. The molecule has 0 aliphatic heterocycles. The van der Waals surface area contributed by atoms with Crippen LogP contribution >= 0.6 is 0 Å². The molecule has 0 saturated heterocycles. The number of carbonyl (C=O) groups is 1. The topological polar surface area (TPSA) is 72.7 Å². The predicted molar refractivity (Wildman–Crippen MR) is 95.8 cm³/mol. The Bertz CT molecular complexity index is 1060. The van der Waals surface area contributed by atoms with Crippen LogP contribution in [0.1, 0.15) is 16.1 Å². The van der Waals surface area contributed by atoms with Crippen LogP contribution in [-0.2, 0) is 0 Å². The first-order valence-corrected chi connectivity index (χ1v) is 7.86. The van der Waals surface area contributed by atoms with Gasteiger partial charge in [0.15, 0.2) is 5.69 Å². The van der Waals surface area contributed by atoms with Crippen molar-refractivity contribution in [2.75, 3.05) is 5.32 Å². The van der Waals surface area contributed by atoms with Crippen molar-refractivity contribution < 1.29 is 4.79 Å². The molecule has 0 radical (unpaired) electrons. The van der Waals surface area contributed by atoms with Gasteiger partial charge in [-0.15, -0.1) is 5.10 Å². The molecule has 0 fully saturated rings. The lowest BCUT2D eigenvalue weighted by atomic mass is 10.1. The van der Waals surface area contributed by atoms with E-state index in [-0.39, 0.29) is 11.6 Å². The molecule has 0 spiro atoms. The summed E-state index contributed by atoms with van der Waals surface area (Å²) >= 11 is 0. The van der Waals surface area contributed by atoms with E-state index < -0.39 is 0 Å². The molecule has 2 aromatic carbocycles. The summed E-state index contributed by atoms with van der Waals surface area (Å²) in [6.45, 7) is 1.99. The third-order valence-corrected chi connectivity index (χ3v) is 3.93. The Morgan fingerprint density at radius 2 is 1.88 bits per heavy atom. The summed E-state index contributed by atoms with van der Waals surface area (Å²) in [6.07, 6.45) is 3.20. The monoisotopic (exact) mass is 329 g/mol. The normalized spacial score (nSPS) is 10.8. The number of hydrogen-bond donors (Lipinski definition) is 1. The molecule has 1 N–H and O–H groups in total. The van der Waals surface area contributed by atoms with Gasteiger partial charge in [-0.2, -0.15) is 9.90 Å². The van der Waals surface area contributed by atoms with E-state index in [0.29, 0.717) is 5.69 Å². The molecule has 0 aliphatic rings. The Hall–Kier alpha value is -3.54. The van der Waals surface area contributed by atoms with Crippen molar-refractivity contribution in [3.63, 3.8) is 0 Å². The first-order chi connectivity index (χ1) is 12.2. The van der Waals surface area contributed by atoms with Gasteiger partial charge in [0.05, 0.1) is 23.1 Å². The third-order valence-electron chi connectivity index (χ3n) is 3.93. The molecule has 122 valence electrons. The van der Waals surface area contributed by atoms with Crippen molar-refractivity contribution in [1.29, 1.82) is 0 Å². The quantitative estimate of drug-likeness (QED) is 0.625. The number of nitrogens with zero attached hydrogens (tertiary/aromatic N) is 4. The SMILES string of the molecule is Cc1ccc(NC(=O)c2cnn(-c3ccccc3)n2)c2cccnc12. The highest BCUT2D eigenvalue weighted by Gasteiger charge is 2.14. The summed E-state index contributed by atoms with van der Waals surface area (Å²) in [5.74, 6) is -0.309. The summed E-state index contributed by atoms with van der Waals surface area (Å²) < 4.78 is 0. The first kappa shape index (κ1) is 15.0.